The Bertz CT molecular complexity index is 560. The lowest BCUT2D eigenvalue weighted by molar-refractivity contribution is -0.120. The van der Waals surface area contributed by atoms with Crippen molar-refractivity contribution in [3.8, 4) is 0 Å². The highest BCUT2D eigenvalue weighted by molar-refractivity contribution is 7.89. The molecule has 0 aliphatic heterocycles. The van der Waals surface area contributed by atoms with Crippen LogP contribution < -0.4 is 15.8 Å². The second-order valence-corrected chi connectivity index (χ2v) is 5.93. The van der Waals surface area contributed by atoms with Crippen LogP contribution >= 0.6 is 11.6 Å². The van der Waals surface area contributed by atoms with E-state index >= 15 is 0 Å². The Morgan fingerprint density at radius 2 is 2.11 bits per heavy atom. The molecule has 0 atom stereocenters. The van der Waals surface area contributed by atoms with Crippen molar-refractivity contribution >= 4 is 27.5 Å². The maximum Gasteiger partial charge on any atom is 0.242 e. The Labute approximate surface area is 117 Å². The van der Waals surface area contributed by atoms with Crippen molar-refractivity contribution in [1.29, 1.82) is 0 Å². The molecular formula is C11H16ClN3O3S. The van der Waals surface area contributed by atoms with Gasteiger partial charge in [-0.3, -0.25) is 4.79 Å². The number of hydrogen-bond acceptors (Lipinski definition) is 4. The van der Waals surface area contributed by atoms with Crippen molar-refractivity contribution in [3.05, 3.63) is 28.8 Å². The van der Waals surface area contributed by atoms with Crippen LogP contribution in [0, 0.1) is 0 Å². The third-order valence-electron chi connectivity index (χ3n) is 2.44. The van der Waals surface area contributed by atoms with E-state index in [0.717, 1.165) is 5.56 Å². The van der Waals surface area contributed by atoms with E-state index in [9.17, 15) is 13.2 Å². The lowest BCUT2D eigenvalue weighted by Crippen LogP contribution is -2.29. The molecule has 0 saturated carbocycles. The Morgan fingerprint density at radius 1 is 1.42 bits per heavy atom. The first-order valence-corrected chi connectivity index (χ1v) is 7.45. The number of hydrogen-bond donors (Lipinski definition) is 3. The van der Waals surface area contributed by atoms with Crippen LogP contribution in [0.15, 0.2) is 23.1 Å². The molecule has 4 N–H and O–H groups in total. The zero-order valence-electron chi connectivity index (χ0n) is 10.4. The maximum absolute atomic E-state index is 12.0. The van der Waals surface area contributed by atoms with E-state index in [2.05, 4.69) is 10.0 Å². The van der Waals surface area contributed by atoms with Crippen molar-refractivity contribution in [1.82, 2.24) is 10.0 Å². The quantitative estimate of drug-likeness (QED) is 0.699. The van der Waals surface area contributed by atoms with Gasteiger partial charge >= 0.3 is 0 Å². The monoisotopic (exact) mass is 305 g/mol. The molecule has 106 valence electrons. The lowest BCUT2D eigenvalue weighted by atomic mass is 10.2. The third-order valence-corrected chi connectivity index (χ3v) is 4.39. The Hall–Kier alpha value is -1.15. The van der Waals surface area contributed by atoms with Crippen LogP contribution in [0.5, 0.6) is 0 Å². The Morgan fingerprint density at radius 3 is 2.63 bits per heavy atom. The summed E-state index contributed by atoms with van der Waals surface area (Å²) in [7, 11) is -2.24. The standard InChI is InChI=1S/C11H16ClN3O3S/c1-14-11(16)4-5-15-19(17,18)10-3-2-8(7-13)6-9(10)12/h2-3,6,15H,4-5,7,13H2,1H3,(H,14,16). The Kier molecular flexibility index (Phi) is 5.74. The van der Waals surface area contributed by atoms with E-state index in [0.29, 0.717) is 0 Å². The third kappa shape index (κ3) is 4.46. The fourth-order valence-corrected chi connectivity index (χ4v) is 2.99. The summed E-state index contributed by atoms with van der Waals surface area (Å²) in [5.74, 6) is -0.243. The van der Waals surface area contributed by atoms with E-state index in [-0.39, 0.29) is 35.3 Å². The summed E-state index contributed by atoms with van der Waals surface area (Å²) in [6, 6.07) is 4.50. The van der Waals surface area contributed by atoms with Gasteiger partial charge in [-0.05, 0) is 17.7 Å². The SMILES string of the molecule is CNC(=O)CCNS(=O)(=O)c1ccc(CN)cc1Cl. The molecule has 0 radical (unpaired) electrons. The zero-order valence-corrected chi connectivity index (χ0v) is 12.0. The molecule has 0 unspecified atom stereocenters. The molecule has 1 rings (SSSR count). The molecule has 1 amide bonds. The minimum absolute atomic E-state index is 0.0109. The number of rotatable bonds is 6. The highest BCUT2D eigenvalue weighted by Crippen LogP contribution is 2.22. The van der Waals surface area contributed by atoms with Gasteiger partial charge in [0.25, 0.3) is 0 Å². The fourth-order valence-electron chi connectivity index (χ4n) is 1.39. The van der Waals surface area contributed by atoms with Gasteiger partial charge in [-0.2, -0.15) is 0 Å². The minimum Gasteiger partial charge on any atom is -0.359 e. The van der Waals surface area contributed by atoms with E-state index in [4.69, 9.17) is 17.3 Å². The average molecular weight is 306 g/mol. The largest absolute Gasteiger partial charge is 0.359 e. The number of sulfonamides is 1. The topological polar surface area (TPSA) is 101 Å². The fraction of sp³-hybridized carbons (Fsp3) is 0.364. The first kappa shape index (κ1) is 15.9. The van der Waals surface area contributed by atoms with Crippen molar-refractivity contribution in [2.24, 2.45) is 5.73 Å². The maximum atomic E-state index is 12.0. The second kappa shape index (κ2) is 6.85. The molecule has 1 aromatic rings. The molecule has 0 fully saturated rings. The lowest BCUT2D eigenvalue weighted by Gasteiger charge is -2.09. The molecule has 1 aromatic carbocycles. The number of nitrogens with one attached hydrogen (secondary N) is 2. The number of amides is 1. The normalized spacial score (nSPS) is 11.3. The summed E-state index contributed by atoms with van der Waals surface area (Å²) >= 11 is 5.91. The molecule has 0 aromatic heterocycles. The zero-order chi connectivity index (χ0) is 14.5. The molecule has 0 aliphatic rings. The summed E-state index contributed by atoms with van der Waals surface area (Å²) in [6.45, 7) is 0.293. The van der Waals surface area contributed by atoms with Gasteiger partial charge in [-0.15, -0.1) is 0 Å². The molecule has 0 spiro atoms. The predicted octanol–water partition coefficient (Wildman–Crippen LogP) is 0.213. The molecule has 0 saturated heterocycles. The highest BCUT2D eigenvalue weighted by Gasteiger charge is 2.17. The molecule has 0 aliphatic carbocycles. The first-order valence-electron chi connectivity index (χ1n) is 5.59. The van der Waals surface area contributed by atoms with Crippen LogP contribution in [0.4, 0.5) is 0 Å². The van der Waals surface area contributed by atoms with Gasteiger partial charge in [0, 0.05) is 26.6 Å². The second-order valence-electron chi connectivity index (χ2n) is 3.79. The van der Waals surface area contributed by atoms with Crippen molar-refractivity contribution in [2.45, 2.75) is 17.9 Å². The first-order chi connectivity index (χ1) is 8.90. The molecule has 8 heteroatoms. The number of nitrogens with two attached hydrogens (primary N) is 1. The van der Waals surface area contributed by atoms with Gasteiger partial charge in [-0.25, -0.2) is 13.1 Å². The smallest absolute Gasteiger partial charge is 0.242 e. The predicted molar refractivity (Wildman–Crippen MR) is 73.2 cm³/mol. The van der Waals surface area contributed by atoms with Gasteiger partial charge in [-0.1, -0.05) is 17.7 Å². The molecule has 6 nitrogen and oxygen atoms in total. The highest BCUT2D eigenvalue weighted by atomic mass is 35.5. The van der Waals surface area contributed by atoms with E-state index in [1.165, 1.54) is 19.2 Å². The molecule has 0 bridgehead atoms. The van der Waals surface area contributed by atoms with Gasteiger partial charge in [0.2, 0.25) is 15.9 Å². The van der Waals surface area contributed by atoms with Gasteiger partial charge in [0.05, 0.1) is 5.02 Å². The summed E-state index contributed by atoms with van der Waals surface area (Å²) in [5, 5.41) is 2.51. The van der Waals surface area contributed by atoms with Gasteiger partial charge < -0.3 is 11.1 Å². The van der Waals surface area contributed by atoms with Gasteiger partial charge in [0.15, 0.2) is 0 Å². The van der Waals surface area contributed by atoms with Crippen LogP contribution in [0.2, 0.25) is 5.02 Å². The van der Waals surface area contributed by atoms with Gasteiger partial charge in [0.1, 0.15) is 4.90 Å². The number of halogens is 1. The van der Waals surface area contributed by atoms with Crippen molar-refractivity contribution in [2.75, 3.05) is 13.6 Å². The van der Waals surface area contributed by atoms with Crippen LogP contribution in [-0.4, -0.2) is 27.9 Å². The van der Waals surface area contributed by atoms with E-state index < -0.39 is 10.0 Å². The molecule has 0 heterocycles. The van der Waals surface area contributed by atoms with Crippen LogP contribution in [0.1, 0.15) is 12.0 Å². The van der Waals surface area contributed by atoms with Crippen molar-refractivity contribution < 1.29 is 13.2 Å². The van der Waals surface area contributed by atoms with E-state index in [1.807, 2.05) is 0 Å². The Balaban J connectivity index is 2.80. The molecular weight excluding hydrogens is 290 g/mol. The average Bonchev–Trinajstić information content (AvgIpc) is 2.37. The minimum atomic E-state index is -3.72. The number of benzene rings is 1. The summed E-state index contributed by atoms with van der Waals surface area (Å²) in [4.78, 5) is 11.0. The number of carbonyl (C=O) groups excluding carboxylic acids is 1. The number of carbonyl (C=O) groups is 1. The molecule has 19 heavy (non-hydrogen) atoms. The summed E-state index contributed by atoms with van der Waals surface area (Å²) in [6.07, 6.45) is 0.0637. The van der Waals surface area contributed by atoms with E-state index in [1.54, 1.807) is 6.07 Å². The van der Waals surface area contributed by atoms with Crippen LogP contribution in [-0.2, 0) is 21.4 Å². The van der Waals surface area contributed by atoms with Crippen LogP contribution in [0.3, 0.4) is 0 Å². The van der Waals surface area contributed by atoms with Crippen LogP contribution in [0.25, 0.3) is 0 Å². The summed E-state index contributed by atoms with van der Waals surface area (Å²) < 4.78 is 26.2. The summed E-state index contributed by atoms with van der Waals surface area (Å²) in [5.41, 5.74) is 6.18. The van der Waals surface area contributed by atoms with Crippen molar-refractivity contribution in [3.63, 3.8) is 0 Å².